The molecule has 1 aromatic rings. The first kappa shape index (κ1) is 15.0. The van der Waals surface area contributed by atoms with Crippen LogP contribution in [-0.4, -0.2) is 24.6 Å². The second-order valence-electron chi connectivity index (χ2n) is 6.92. The first-order chi connectivity index (χ1) is 10.1. The van der Waals surface area contributed by atoms with Gasteiger partial charge in [0.1, 0.15) is 0 Å². The highest BCUT2D eigenvalue weighted by atomic mass is 16.8. The molecule has 1 aromatic carbocycles. The van der Waals surface area contributed by atoms with Crippen molar-refractivity contribution in [2.24, 2.45) is 5.92 Å². The van der Waals surface area contributed by atoms with E-state index in [4.69, 9.17) is 14.2 Å². The van der Waals surface area contributed by atoms with E-state index >= 15 is 0 Å². The third-order valence-corrected chi connectivity index (χ3v) is 4.63. The van der Waals surface area contributed by atoms with Gasteiger partial charge in [-0.15, -0.1) is 0 Å². The summed E-state index contributed by atoms with van der Waals surface area (Å²) in [6, 6.07) is 10.4. The molecule has 116 valence electrons. The predicted molar refractivity (Wildman–Crippen MR) is 81.9 cm³/mol. The van der Waals surface area contributed by atoms with Gasteiger partial charge in [-0.3, -0.25) is 0 Å². The Morgan fingerprint density at radius 1 is 1.14 bits per heavy atom. The van der Waals surface area contributed by atoms with Crippen LogP contribution in [0.3, 0.4) is 0 Å². The molecule has 1 heterocycles. The van der Waals surface area contributed by atoms with Crippen LogP contribution < -0.4 is 0 Å². The molecule has 0 amide bonds. The lowest BCUT2D eigenvalue weighted by atomic mass is 9.79. The standard InChI is InChI=1S/C18H26O3/c1-17(2)20-14-18(21-17)10-8-16(9-11-18)13-19-12-15-6-4-3-5-7-15/h3-7,16H,8-14H2,1-2H3/t16-,18+. The topological polar surface area (TPSA) is 27.7 Å². The van der Waals surface area contributed by atoms with Crippen LogP contribution in [-0.2, 0) is 20.8 Å². The SMILES string of the molecule is CC1(C)OC[C@]2(CC[C@H](COCc3ccccc3)CC2)O1. The van der Waals surface area contributed by atoms with Crippen LogP contribution >= 0.6 is 0 Å². The van der Waals surface area contributed by atoms with Gasteiger partial charge in [-0.05, 0) is 51.0 Å². The van der Waals surface area contributed by atoms with Crippen molar-refractivity contribution in [3.8, 4) is 0 Å². The van der Waals surface area contributed by atoms with E-state index in [0.29, 0.717) is 5.92 Å². The van der Waals surface area contributed by atoms with Gasteiger partial charge < -0.3 is 14.2 Å². The molecule has 1 aliphatic heterocycles. The Kier molecular flexibility index (Phi) is 4.34. The van der Waals surface area contributed by atoms with Crippen molar-refractivity contribution < 1.29 is 14.2 Å². The van der Waals surface area contributed by atoms with Gasteiger partial charge in [0, 0.05) is 6.61 Å². The van der Waals surface area contributed by atoms with Crippen LogP contribution in [0.5, 0.6) is 0 Å². The Morgan fingerprint density at radius 2 is 1.86 bits per heavy atom. The predicted octanol–water partition coefficient (Wildman–Crippen LogP) is 3.92. The molecule has 2 fully saturated rings. The second kappa shape index (κ2) is 6.07. The van der Waals surface area contributed by atoms with Crippen molar-refractivity contribution in [1.82, 2.24) is 0 Å². The zero-order valence-corrected chi connectivity index (χ0v) is 13.1. The lowest BCUT2D eigenvalue weighted by Gasteiger charge is -2.36. The van der Waals surface area contributed by atoms with Gasteiger partial charge in [0.25, 0.3) is 0 Å². The first-order valence-electron chi connectivity index (χ1n) is 8.03. The molecule has 1 spiro atoms. The second-order valence-corrected chi connectivity index (χ2v) is 6.92. The van der Waals surface area contributed by atoms with E-state index < -0.39 is 5.79 Å². The molecule has 0 N–H and O–H groups in total. The molecular weight excluding hydrogens is 264 g/mol. The minimum Gasteiger partial charge on any atom is -0.376 e. The highest BCUT2D eigenvalue weighted by Crippen LogP contribution is 2.42. The molecule has 0 atom stereocenters. The van der Waals surface area contributed by atoms with Crippen LogP contribution in [0.25, 0.3) is 0 Å². The summed E-state index contributed by atoms with van der Waals surface area (Å²) in [6.45, 7) is 6.34. The summed E-state index contributed by atoms with van der Waals surface area (Å²) in [4.78, 5) is 0. The van der Waals surface area contributed by atoms with Gasteiger partial charge in [-0.1, -0.05) is 30.3 Å². The fraction of sp³-hybridized carbons (Fsp3) is 0.667. The van der Waals surface area contributed by atoms with E-state index in [-0.39, 0.29) is 5.60 Å². The molecule has 1 saturated heterocycles. The van der Waals surface area contributed by atoms with E-state index in [1.807, 2.05) is 19.9 Å². The van der Waals surface area contributed by atoms with Gasteiger partial charge in [0.2, 0.25) is 0 Å². The molecule has 21 heavy (non-hydrogen) atoms. The molecule has 0 bridgehead atoms. The summed E-state index contributed by atoms with van der Waals surface area (Å²) in [5.41, 5.74) is 1.22. The quantitative estimate of drug-likeness (QED) is 0.841. The smallest absolute Gasteiger partial charge is 0.163 e. The Balaban J connectivity index is 1.40. The van der Waals surface area contributed by atoms with Crippen molar-refractivity contribution in [1.29, 1.82) is 0 Å². The van der Waals surface area contributed by atoms with E-state index in [0.717, 1.165) is 32.7 Å². The first-order valence-corrected chi connectivity index (χ1v) is 8.03. The molecular formula is C18H26O3. The maximum Gasteiger partial charge on any atom is 0.163 e. The monoisotopic (exact) mass is 290 g/mol. The van der Waals surface area contributed by atoms with Crippen molar-refractivity contribution in [3.05, 3.63) is 35.9 Å². The minimum absolute atomic E-state index is 0.0283. The molecule has 1 saturated carbocycles. The minimum atomic E-state index is -0.406. The Labute approximate surface area is 127 Å². The lowest BCUT2D eigenvalue weighted by molar-refractivity contribution is -0.170. The zero-order valence-electron chi connectivity index (χ0n) is 13.1. The van der Waals surface area contributed by atoms with Crippen molar-refractivity contribution >= 4 is 0 Å². The number of benzene rings is 1. The lowest BCUT2D eigenvalue weighted by Crippen LogP contribution is -2.39. The zero-order chi connectivity index (χ0) is 14.8. The molecule has 0 unspecified atom stereocenters. The molecule has 2 aliphatic rings. The maximum absolute atomic E-state index is 6.14. The highest BCUT2D eigenvalue weighted by Gasteiger charge is 2.47. The summed E-state index contributed by atoms with van der Waals surface area (Å²) in [5, 5.41) is 0. The number of ether oxygens (including phenoxy) is 3. The molecule has 3 rings (SSSR count). The van der Waals surface area contributed by atoms with Gasteiger partial charge >= 0.3 is 0 Å². The normalized spacial score (nSPS) is 31.6. The Hall–Kier alpha value is -0.900. The summed E-state index contributed by atoms with van der Waals surface area (Å²) >= 11 is 0. The number of rotatable bonds is 4. The van der Waals surface area contributed by atoms with Crippen LogP contribution in [0.15, 0.2) is 30.3 Å². The van der Waals surface area contributed by atoms with Crippen LogP contribution in [0.1, 0.15) is 45.1 Å². The largest absolute Gasteiger partial charge is 0.376 e. The number of hydrogen-bond acceptors (Lipinski definition) is 3. The third-order valence-electron chi connectivity index (χ3n) is 4.63. The van der Waals surface area contributed by atoms with E-state index in [1.54, 1.807) is 0 Å². The van der Waals surface area contributed by atoms with Crippen molar-refractivity contribution in [2.45, 2.75) is 57.5 Å². The summed E-state index contributed by atoms with van der Waals surface area (Å²) in [5.74, 6) is 0.253. The van der Waals surface area contributed by atoms with Crippen LogP contribution in [0.4, 0.5) is 0 Å². The molecule has 3 heteroatoms. The van der Waals surface area contributed by atoms with Crippen molar-refractivity contribution in [2.75, 3.05) is 13.2 Å². The van der Waals surface area contributed by atoms with E-state index in [9.17, 15) is 0 Å². The number of hydrogen-bond donors (Lipinski definition) is 0. The Bertz CT molecular complexity index is 447. The van der Waals surface area contributed by atoms with Crippen LogP contribution in [0, 0.1) is 5.92 Å². The average Bonchev–Trinajstić information content (AvgIpc) is 2.78. The third kappa shape index (κ3) is 3.85. The maximum atomic E-state index is 6.14. The Morgan fingerprint density at radius 3 is 2.48 bits per heavy atom. The van der Waals surface area contributed by atoms with Gasteiger partial charge in [-0.2, -0.15) is 0 Å². The highest BCUT2D eigenvalue weighted by molar-refractivity contribution is 5.13. The van der Waals surface area contributed by atoms with E-state index in [2.05, 4.69) is 24.3 Å². The van der Waals surface area contributed by atoms with E-state index in [1.165, 1.54) is 18.4 Å². The van der Waals surface area contributed by atoms with Crippen molar-refractivity contribution in [3.63, 3.8) is 0 Å². The van der Waals surface area contributed by atoms with Crippen LogP contribution in [0.2, 0.25) is 0 Å². The summed E-state index contributed by atoms with van der Waals surface area (Å²) in [7, 11) is 0. The van der Waals surface area contributed by atoms with Gasteiger partial charge in [-0.25, -0.2) is 0 Å². The molecule has 0 radical (unpaired) electrons. The fourth-order valence-corrected chi connectivity index (χ4v) is 3.42. The summed E-state index contributed by atoms with van der Waals surface area (Å²) < 4.78 is 17.8. The van der Waals surface area contributed by atoms with Gasteiger partial charge in [0.15, 0.2) is 5.79 Å². The van der Waals surface area contributed by atoms with Gasteiger partial charge in [0.05, 0.1) is 18.8 Å². The average molecular weight is 290 g/mol. The molecule has 1 aliphatic carbocycles. The fourth-order valence-electron chi connectivity index (χ4n) is 3.42. The molecule has 0 aromatic heterocycles. The molecule has 3 nitrogen and oxygen atoms in total. The summed E-state index contributed by atoms with van der Waals surface area (Å²) in [6.07, 6.45) is 4.54.